The molecule has 0 radical (unpaired) electrons. The van der Waals surface area contributed by atoms with Gasteiger partial charge < -0.3 is 11.1 Å². The maximum absolute atomic E-state index is 10.9. The molecular weight excluding hydrogens is 248 g/mol. The topological polar surface area (TPSA) is 80.9 Å². The maximum atomic E-state index is 10.9. The number of anilines is 1. The fraction of sp³-hybridized carbons (Fsp3) is 0.583. The van der Waals surface area contributed by atoms with Gasteiger partial charge in [0, 0.05) is 11.3 Å². The van der Waals surface area contributed by atoms with E-state index in [2.05, 4.69) is 22.4 Å². The molecule has 1 aliphatic carbocycles. The van der Waals surface area contributed by atoms with Crippen molar-refractivity contribution in [1.82, 2.24) is 10.2 Å². The van der Waals surface area contributed by atoms with E-state index >= 15 is 0 Å². The summed E-state index contributed by atoms with van der Waals surface area (Å²) >= 11 is 1.99. The first kappa shape index (κ1) is 13.1. The number of hydrogen-bond acceptors (Lipinski definition) is 5. The highest BCUT2D eigenvalue weighted by Gasteiger charge is 2.27. The largest absolute Gasteiger partial charge is 0.365 e. The number of nitrogens with one attached hydrogen (secondary N) is 1. The predicted molar refractivity (Wildman–Crippen MR) is 73.7 cm³/mol. The average Bonchev–Trinajstić information content (AvgIpc) is 2.78. The summed E-state index contributed by atoms with van der Waals surface area (Å²) in [7, 11) is 0. The van der Waals surface area contributed by atoms with Gasteiger partial charge in [-0.05, 0) is 30.7 Å². The minimum atomic E-state index is -0.547. The molecule has 1 fully saturated rings. The van der Waals surface area contributed by atoms with Gasteiger partial charge in [0.25, 0.3) is 5.91 Å². The summed E-state index contributed by atoms with van der Waals surface area (Å²) in [6.07, 6.45) is 3.67. The molecule has 6 heteroatoms. The molecule has 3 N–H and O–H groups in total. The van der Waals surface area contributed by atoms with Gasteiger partial charge in [-0.25, -0.2) is 0 Å². The summed E-state index contributed by atoms with van der Waals surface area (Å²) in [6.45, 7) is 2.18. The molecular formula is C12H18N4OS. The molecule has 1 saturated carbocycles. The molecule has 1 aromatic heterocycles. The highest BCUT2D eigenvalue weighted by molar-refractivity contribution is 7.99. The summed E-state index contributed by atoms with van der Waals surface area (Å²) in [6, 6.07) is 3.82. The van der Waals surface area contributed by atoms with Crippen LogP contribution in [0.3, 0.4) is 0 Å². The third-order valence-corrected chi connectivity index (χ3v) is 4.41. The number of primary amides is 1. The monoisotopic (exact) mass is 266 g/mol. The van der Waals surface area contributed by atoms with Crippen LogP contribution in [0.4, 0.5) is 5.82 Å². The van der Waals surface area contributed by atoms with Crippen LogP contribution in [0.15, 0.2) is 12.1 Å². The Morgan fingerprint density at radius 2 is 2.33 bits per heavy atom. The van der Waals surface area contributed by atoms with Crippen molar-refractivity contribution in [2.45, 2.75) is 37.5 Å². The number of nitrogens with two attached hydrogens (primary N) is 1. The first-order chi connectivity index (χ1) is 8.70. The van der Waals surface area contributed by atoms with Crippen molar-refractivity contribution < 1.29 is 4.79 Å². The molecule has 1 heterocycles. The number of rotatable bonds is 5. The Bertz CT molecular complexity index is 409. The number of aromatic nitrogens is 2. The molecule has 2 atom stereocenters. The van der Waals surface area contributed by atoms with Crippen molar-refractivity contribution in [2.75, 3.05) is 11.1 Å². The minimum absolute atomic E-state index is 0.200. The van der Waals surface area contributed by atoms with Crippen molar-refractivity contribution >= 4 is 23.5 Å². The Morgan fingerprint density at radius 3 is 2.94 bits per heavy atom. The molecule has 0 aliphatic heterocycles. The van der Waals surface area contributed by atoms with Crippen LogP contribution in [-0.2, 0) is 0 Å². The highest BCUT2D eigenvalue weighted by Crippen LogP contribution is 2.31. The highest BCUT2D eigenvalue weighted by atomic mass is 32.2. The number of thioether (sulfide) groups is 1. The van der Waals surface area contributed by atoms with Crippen LogP contribution in [0.25, 0.3) is 0 Å². The molecule has 0 spiro atoms. The summed E-state index contributed by atoms with van der Waals surface area (Å²) in [5.74, 6) is 1.30. The molecule has 1 amide bonds. The van der Waals surface area contributed by atoms with E-state index in [0.29, 0.717) is 17.1 Å². The van der Waals surface area contributed by atoms with Crippen LogP contribution in [-0.4, -0.2) is 33.1 Å². The van der Waals surface area contributed by atoms with Crippen molar-refractivity contribution in [3.63, 3.8) is 0 Å². The summed E-state index contributed by atoms with van der Waals surface area (Å²) < 4.78 is 0. The first-order valence-corrected chi connectivity index (χ1v) is 7.27. The van der Waals surface area contributed by atoms with Gasteiger partial charge >= 0.3 is 0 Å². The molecule has 0 aromatic carbocycles. The van der Waals surface area contributed by atoms with E-state index in [4.69, 9.17) is 5.73 Å². The molecule has 5 nitrogen and oxygen atoms in total. The van der Waals surface area contributed by atoms with E-state index in [1.807, 2.05) is 11.8 Å². The Balaban J connectivity index is 1.98. The van der Waals surface area contributed by atoms with Crippen LogP contribution < -0.4 is 11.1 Å². The van der Waals surface area contributed by atoms with E-state index in [1.54, 1.807) is 12.1 Å². The number of amides is 1. The lowest BCUT2D eigenvalue weighted by molar-refractivity contribution is 0.0994. The second-order valence-corrected chi connectivity index (χ2v) is 5.86. The number of carbonyl (C=O) groups is 1. The maximum Gasteiger partial charge on any atom is 0.269 e. The predicted octanol–water partition coefficient (Wildman–Crippen LogP) is 1.66. The molecule has 2 unspecified atom stereocenters. The second kappa shape index (κ2) is 6.04. The van der Waals surface area contributed by atoms with Crippen molar-refractivity contribution in [2.24, 2.45) is 5.73 Å². The van der Waals surface area contributed by atoms with E-state index in [1.165, 1.54) is 12.8 Å². The van der Waals surface area contributed by atoms with Crippen molar-refractivity contribution in [3.05, 3.63) is 17.8 Å². The van der Waals surface area contributed by atoms with Crippen LogP contribution in [0.1, 0.15) is 36.7 Å². The van der Waals surface area contributed by atoms with Gasteiger partial charge in [-0.3, -0.25) is 4.79 Å². The normalized spacial score (nSPS) is 22.9. The molecule has 0 saturated heterocycles. The fourth-order valence-corrected chi connectivity index (χ4v) is 3.43. The molecule has 1 aliphatic rings. The number of hydrogen-bond donors (Lipinski definition) is 2. The smallest absolute Gasteiger partial charge is 0.269 e. The quantitative estimate of drug-likeness (QED) is 0.847. The zero-order valence-electron chi connectivity index (χ0n) is 10.4. The zero-order chi connectivity index (χ0) is 13.0. The van der Waals surface area contributed by atoms with Gasteiger partial charge in [0.2, 0.25) is 0 Å². The van der Waals surface area contributed by atoms with Crippen molar-refractivity contribution in [1.29, 1.82) is 0 Å². The minimum Gasteiger partial charge on any atom is -0.365 e. The lowest BCUT2D eigenvalue weighted by atomic mass is 10.2. The van der Waals surface area contributed by atoms with E-state index in [0.717, 1.165) is 12.2 Å². The van der Waals surface area contributed by atoms with Gasteiger partial charge in [-0.1, -0.05) is 13.3 Å². The zero-order valence-corrected chi connectivity index (χ0v) is 11.2. The van der Waals surface area contributed by atoms with E-state index in [9.17, 15) is 4.79 Å². The Labute approximate surface area is 111 Å². The first-order valence-electron chi connectivity index (χ1n) is 6.22. The van der Waals surface area contributed by atoms with E-state index < -0.39 is 5.91 Å². The molecule has 1 aromatic rings. The van der Waals surface area contributed by atoms with Gasteiger partial charge in [-0.15, -0.1) is 10.2 Å². The molecule has 98 valence electrons. The summed E-state index contributed by atoms with van der Waals surface area (Å²) in [5.41, 5.74) is 5.32. The fourth-order valence-electron chi connectivity index (χ4n) is 2.24. The lowest BCUT2D eigenvalue weighted by Gasteiger charge is -2.20. The lowest BCUT2D eigenvalue weighted by Crippen LogP contribution is -2.27. The Morgan fingerprint density at radius 1 is 1.50 bits per heavy atom. The molecule has 0 bridgehead atoms. The third-order valence-electron chi connectivity index (χ3n) is 3.08. The summed E-state index contributed by atoms with van der Waals surface area (Å²) in [4.78, 5) is 10.9. The van der Waals surface area contributed by atoms with Crippen LogP contribution in [0.2, 0.25) is 0 Å². The molecule has 2 rings (SSSR count). The SMILES string of the molecule is CCSC1CCCC1Nc1ccc(C(N)=O)nn1. The standard InChI is InChI=1S/C12H18N4OS/c1-2-18-10-5-3-4-8(10)14-11-7-6-9(12(13)17)15-16-11/h6-8,10H,2-5H2,1H3,(H2,13,17)(H,14,16). The Hall–Kier alpha value is -1.30. The Kier molecular flexibility index (Phi) is 4.41. The number of nitrogens with zero attached hydrogens (tertiary/aromatic N) is 2. The second-order valence-electron chi connectivity index (χ2n) is 4.34. The van der Waals surface area contributed by atoms with Crippen LogP contribution in [0, 0.1) is 0 Å². The van der Waals surface area contributed by atoms with Gasteiger partial charge in [0.1, 0.15) is 5.82 Å². The average molecular weight is 266 g/mol. The summed E-state index contributed by atoms with van der Waals surface area (Å²) in [5, 5.41) is 11.8. The van der Waals surface area contributed by atoms with Crippen molar-refractivity contribution in [3.8, 4) is 0 Å². The molecule has 18 heavy (non-hydrogen) atoms. The number of carbonyl (C=O) groups excluding carboxylic acids is 1. The van der Waals surface area contributed by atoms with Gasteiger partial charge in [0.05, 0.1) is 0 Å². The van der Waals surface area contributed by atoms with E-state index in [-0.39, 0.29) is 5.69 Å². The third kappa shape index (κ3) is 3.13. The van der Waals surface area contributed by atoms with Crippen LogP contribution in [0.5, 0.6) is 0 Å². The van der Waals surface area contributed by atoms with Crippen LogP contribution >= 0.6 is 11.8 Å². The van der Waals surface area contributed by atoms with Gasteiger partial charge in [-0.2, -0.15) is 11.8 Å². The van der Waals surface area contributed by atoms with Gasteiger partial charge in [0.15, 0.2) is 5.69 Å².